The molecule has 9 heavy (non-hydrogen) atoms. The van der Waals surface area contributed by atoms with Crippen LogP contribution in [-0.4, -0.2) is 14.2 Å². The molecule has 0 unspecified atom stereocenters. The highest BCUT2D eigenvalue weighted by Crippen LogP contribution is 2.19. The maximum atomic E-state index is 10.6. The molecule has 0 radical (unpaired) electrons. The van der Waals surface area contributed by atoms with Gasteiger partial charge in [-0.1, -0.05) is 20.8 Å². The summed E-state index contributed by atoms with van der Waals surface area (Å²) >= 11 is 1.47. The lowest BCUT2D eigenvalue weighted by atomic mass is 10.0. The Morgan fingerprint density at radius 2 is 1.67 bits per heavy atom. The van der Waals surface area contributed by atoms with E-state index in [9.17, 15) is 8.42 Å². The van der Waals surface area contributed by atoms with Crippen molar-refractivity contribution in [3.8, 4) is 0 Å². The van der Waals surface area contributed by atoms with Gasteiger partial charge in [0.25, 0.3) is 0 Å². The third-order valence-corrected chi connectivity index (χ3v) is 2.75. The molecule has 0 atom stereocenters. The van der Waals surface area contributed by atoms with Gasteiger partial charge in [0.15, 0.2) is 0 Å². The van der Waals surface area contributed by atoms with E-state index in [2.05, 4.69) is 0 Å². The highest BCUT2D eigenvalue weighted by Gasteiger charge is 2.18. The second kappa shape index (κ2) is 2.74. The van der Waals surface area contributed by atoms with Gasteiger partial charge < -0.3 is 0 Å². The van der Waals surface area contributed by atoms with Gasteiger partial charge in [0.05, 0.1) is 27.0 Å². The molecule has 0 saturated carbocycles. The van der Waals surface area contributed by atoms with Gasteiger partial charge in [0, 0.05) is 0 Å². The summed E-state index contributed by atoms with van der Waals surface area (Å²) in [5.74, 6) is 0.251. The molecule has 0 fully saturated rings. The summed E-state index contributed by atoms with van der Waals surface area (Å²) in [6.45, 7) is 5.72. The topological polar surface area (TPSA) is 34.1 Å². The second-order valence-electron chi connectivity index (χ2n) is 3.24. The van der Waals surface area contributed by atoms with Gasteiger partial charge >= 0.3 is 0 Å². The number of rotatable bonds is 1. The molecule has 2 nitrogen and oxygen atoms in total. The smallest absolute Gasteiger partial charge is 0.203 e. The second-order valence-corrected chi connectivity index (χ2v) is 8.64. The van der Waals surface area contributed by atoms with E-state index in [1.54, 1.807) is 0 Å². The lowest BCUT2D eigenvalue weighted by Gasteiger charge is -2.14. The molecule has 0 aliphatic heterocycles. The van der Waals surface area contributed by atoms with E-state index in [1.807, 2.05) is 20.8 Å². The van der Waals surface area contributed by atoms with Gasteiger partial charge in [-0.2, -0.15) is 0 Å². The van der Waals surface area contributed by atoms with Gasteiger partial charge in [-0.15, -0.1) is 0 Å². The lowest BCUT2D eigenvalue weighted by Crippen LogP contribution is -2.16. The monoisotopic (exact) mass is 262 g/mol. The van der Waals surface area contributed by atoms with E-state index in [0.717, 1.165) is 0 Å². The standard InChI is InChI=1S/C5H11IO2S/c1-5(2,3)4-9(6,7)8/h4H2,1-3H3. The Morgan fingerprint density at radius 3 is 1.67 bits per heavy atom. The molecule has 0 heterocycles. The Morgan fingerprint density at radius 1 is 1.33 bits per heavy atom. The van der Waals surface area contributed by atoms with Crippen molar-refractivity contribution in [2.24, 2.45) is 5.41 Å². The van der Waals surface area contributed by atoms with E-state index in [1.165, 1.54) is 21.2 Å². The lowest BCUT2D eigenvalue weighted by molar-refractivity contribution is 0.466. The maximum Gasteiger partial charge on any atom is 0.203 e. The van der Waals surface area contributed by atoms with Crippen molar-refractivity contribution in [3.63, 3.8) is 0 Å². The molecule has 0 aliphatic rings. The summed E-state index contributed by atoms with van der Waals surface area (Å²) in [5.41, 5.74) is -0.111. The molecule has 0 rings (SSSR count). The van der Waals surface area contributed by atoms with E-state index < -0.39 is 7.01 Å². The zero-order valence-electron chi connectivity index (χ0n) is 5.81. The van der Waals surface area contributed by atoms with E-state index in [-0.39, 0.29) is 11.2 Å². The molecule has 0 amide bonds. The molecule has 4 heteroatoms. The largest absolute Gasteiger partial charge is 0.218 e. The van der Waals surface area contributed by atoms with Crippen LogP contribution in [0.4, 0.5) is 0 Å². The normalized spacial score (nSPS) is 13.8. The zero-order chi connectivity index (χ0) is 7.71. The van der Waals surface area contributed by atoms with Crippen LogP contribution in [0.3, 0.4) is 0 Å². The first-order valence-corrected chi connectivity index (χ1v) is 6.82. The predicted octanol–water partition coefficient (Wildman–Crippen LogP) is 1.80. The molecule has 0 bridgehead atoms. The van der Waals surface area contributed by atoms with Crippen LogP contribution in [0.1, 0.15) is 20.8 Å². The Labute approximate surface area is 68.5 Å². The molecule has 0 aromatic heterocycles. The van der Waals surface area contributed by atoms with Crippen LogP contribution >= 0.6 is 21.2 Å². The minimum Gasteiger partial charge on any atom is -0.218 e. The number of halogens is 1. The molecule has 0 aromatic carbocycles. The number of hydrogen-bond acceptors (Lipinski definition) is 2. The van der Waals surface area contributed by atoms with Gasteiger partial charge in [-0.25, -0.2) is 8.42 Å². The highest BCUT2D eigenvalue weighted by molar-refractivity contribution is 14.2. The van der Waals surface area contributed by atoms with Crippen LogP contribution in [-0.2, 0) is 7.01 Å². The predicted molar refractivity (Wildman–Crippen MR) is 47.3 cm³/mol. The summed E-state index contributed by atoms with van der Waals surface area (Å²) in [6, 6.07) is 0. The zero-order valence-corrected chi connectivity index (χ0v) is 8.78. The summed E-state index contributed by atoms with van der Waals surface area (Å²) in [7, 11) is -2.81. The van der Waals surface area contributed by atoms with Crippen LogP contribution in [0, 0.1) is 5.41 Å². The van der Waals surface area contributed by atoms with Gasteiger partial charge in [0.1, 0.15) is 0 Å². The van der Waals surface area contributed by atoms with Crippen LogP contribution < -0.4 is 0 Å². The summed E-state index contributed by atoms with van der Waals surface area (Å²) in [4.78, 5) is 0. The average Bonchev–Trinajstić information content (AvgIpc) is 1.14. The molecule has 0 aromatic rings. The summed E-state index contributed by atoms with van der Waals surface area (Å²) < 4.78 is 21.3. The Balaban J connectivity index is 4.07. The molecule has 0 spiro atoms. The SMILES string of the molecule is CC(C)(C)CS(=O)(=O)I. The third kappa shape index (κ3) is 8.68. The van der Waals surface area contributed by atoms with Crippen LogP contribution in [0.2, 0.25) is 0 Å². The molecule has 0 aliphatic carbocycles. The first-order chi connectivity index (χ1) is 3.71. The van der Waals surface area contributed by atoms with Crippen LogP contribution in [0.15, 0.2) is 0 Å². The van der Waals surface area contributed by atoms with E-state index >= 15 is 0 Å². The van der Waals surface area contributed by atoms with E-state index in [0.29, 0.717) is 0 Å². The Kier molecular flexibility index (Phi) is 2.94. The fourth-order valence-electron chi connectivity index (χ4n) is 0.517. The van der Waals surface area contributed by atoms with E-state index in [4.69, 9.17) is 0 Å². The summed E-state index contributed by atoms with van der Waals surface area (Å²) in [5, 5.41) is 0. The first-order valence-electron chi connectivity index (χ1n) is 2.63. The Bertz CT molecular complexity index is 176. The van der Waals surface area contributed by atoms with Crippen molar-refractivity contribution in [1.82, 2.24) is 0 Å². The summed E-state index contributed by atoms with van der Waals surface area (Å²) in [6.07, 6.45) is 0. The molecular weight excluding hydrogens is 251 g/mol. The maximum absolute atomic E-state index is 10.6. The highest BCUT2D eigenvalue weighted by atomic mass is 127. The van der Waals surface area contributed by atoms with Gasteiger partial charge in [-0.3, -0.25) is 0 Å². The number of hydrogen-bond donors (Lipinski definition) is 0. The molecule has 0 saturated heterocycles. The van der Waals surface area contributed by atoms with Crippen molar-refractivity contribution in [2.75, 3.05) is 5.75 Å². The minimum absolute atomic E-state index is 0.111. The fourth-order valence-corrected chi connectivity index (χ4v) is 4.35. The van der Waals surface area contributed by atoms with Crippen molar-refractivity contribution in [1.29, 1.82) is 0 Å². The van der Waals surface area contributed by atoms with Gasteiger partial charge in [0.2, 0.25) is 7.01 Å². The average molecular weight is 262 g/mol. The minimum atomic E-state index is -2.81. The van der Waals surface area contributed by atoms with Crippen molar-refractivity contribution >= 4 is 28.2 Å². The Hall–Kier alpha value is 0.680. The van der Waals surface area contributed by atoms with Crippen molar-refractivity contribution in [3.05, 3.63) is 0 Å². The van der Waals surface area contributed by atoms with Crippen molar-refractivity contribution < 1.29 is 8.42 Å². The third-order valence-electron chi connectivity index (χ3n) is 0.605. The van der Waals surface area contributed by atoms with Gasteiger partial charge in [-0.05, 0) is 5.41 Å². The van der Waals surface area contributed by atoms with Crippen LogP contribution in [0.5, 0.6) is 0 Å². The molecule has 0 N–H and O–H groups in total. The first kappa shape index (κ1) is 9.68. The fraction of sp³-hybridized carbons (Fsp3) is 1.00. The molecular formula is C5H11IO2S. The van der Waals surface area contributed by atoms with Crippen molar-refractivity contribution in [2.45, 2.75) is 20.8 Å². The quantitative estimate of drug-likeness (QED) is 0.533. The van der Waals surface area contributed by atoms with Crippen LogP contribution in [0.25, 0.3) is 0 Å². The molecule has 56 valence electrons.